The highest BCUT2D eigenvalue weighted by Crippen LogP contribution is 2.37. The van der Waals surface area contributed by atoms with E-state index in [0.29, 0.717) is 32.4 Å². The number of anilines is 1. The molecule has 0 saturated carbocycles. The number of carbonyl (C=O) groups excluding carboxylic acids is 2. The van der Waals surface area contributed by atoms with E-state index in [9.17, 15) is 14.4 Å². The molecular formula is C24H27N3O4S2. The maximum atomic E-state index is 12.7. The third-order valence-corrected chi connectivity index (χ3v) is 8.06. The van der Waals surface area contributed by atoms with Gasteiger partial charge in [0.05, 0.1) is 23.6 Å². The minimum Gasteiger partial charge on any atom is -0.465 e. The highest BCUT2D eigenvalue weighted by atomic mass is 32.2. The number of hydrogen-bond acceptors (Lipinski definition) is 7. The Bertz CT molecular complexity index is 1250. The summed E-state index contributed by atoms with van der Waals surface area (Å²) in [5.74, 6) is -0.107. The van der Waals surface area contributed by atoms with Crippen molar-refractivity contribution >= 4 is 50.9 Å². The van der Waals surface area contributed by atoms with Crippen molar-refractivity contribution in [3.05, 3.63) is 50.6 Å². The topological polar surface area (TPSA) is 90.3 Å². The average Bonchev–Trinajstić information content (AvgIpc) is 3.12. The van der Waals surface area contributed by atoms with Crippen LogP contribution in [0.2, 0.25) is 0 Å². The van der Waals surface area contributed by atoms with Crippen LogP contribution in [-0.2, 0) is 29.4 Å². The van der Waals surface area contributed by atoms with Gasteiger partial charge in [0.1, 0.15) is 5.00 Å². The number of esters is 1. The van der Waals surface area contributed by atoms with Crippen molar-refractivity contribution < 1.29 is 14.3 Å². The van der Waals surface area contributed by atoms with E-state index in [-0.39, 0.29) is 17.9 Å². The van der Waals surface area contributed by atoms with E-state index in [0.717, 1.165) is 37.7 Å². The summed E-state index contributed by atoms with van der Waals surface area (Å²) >= 11 is 2.86. The van der Waals surface area contributed by atoms with Gasteiger partial charge in [-0.1, -0.05) is 36.7 Å². The van der Waals surface area contributed by atoms with E-state index in [1.54, 1.807) is 13.1 Å². The minimum atomic E-state index is -0.395. The van der Waals surface area contributed by atoms with Crippen LogP contribution in [0.3, 0.4) is 0 Å². The van der Waals surface area contributed by atoms with E-state index >= 15 is 0 Å². The first-order valence-electron chi connectivity index (χ1n) is 11.1. The molecule has 3 aromatic rings. The molecule has 0 aliphatic heterocycles. The van der Waals surface area contributed by atoms with Gasteiger partial charge in [0, 0.05) is 24.1 Å². The number of nitrogens with zero attached hydrogens (tertiary/aromatic N) is 2. The van der Waals surface area contributed by atoms with Crippen LogP contribution in [0.25, 0.3) is 10.9 Å². The summed E-state index contributed by atoms with van der Waals surface area (Å²) in [7, 11) is 3.06. The number of aromatic nitrogens is 2. The Balaban J connectivity index is 1.46. The number of rotatable bonds is 6. The molecule has 1 aromatic carbocycles. The molecule has 1 amide bonds. The largest absolute Gasteiger partial charge is 0.465 e. The van der Waals surface area contributed by atoms with E-state index in [1.165, 1.54) is 46.1 Å². The third-order valence-electron chi connectivity index (χ3n) is 5.82. The van der Waals surface area contributed by atoms with E-state index < -0.39 is 5.97 Å². The Morgan fingerprint density at radius 1 is 1.18 bits per heavy atom. The highest BCUT2D eigenvalue weighted by Gasteiger charge is 2.25. The molecule has 0 saturated heterocycles. The molecular weight excluding hydrogens is 458 g/mol. The summed E-state index contributed by atoms with van der Waals surface area (Å²) in [5.41, 5.74) is 2.09. The summed E-state index contributed by atoms with van der Waals surface area (Å²) in [4.78, 5) is 43.5. The van der Waals surface area contributed by atoms with Crippen LogP contribution in [0, 0.1) is 0 Å². The lowest BCUT2D eigenvalue weighted by Crippen LogP contribution is -2.20. The molecule has 0 unspecified atom stereocenters. The molecule has 1 aliphatic carbocycles. The molecule has 1 N–H and O–H groups in total. The van der Waals surface area contributed by atoms with Gasteiger partial charge in [-0.15, -0.1) is 11.3 Å². The maximum Gasteiger partial charge on any atom is 0.341 e. The first-order chi connectivity index (χ1) is 16.0. The number of fused-ring (bicyclic) bond motifs is 2. The number of nitrogens with one attached hydrogen (secondary N) is 1. The van der Waals surface area contributed by atoms with Crippen LogP contribution in [0.15, 0.2) is 34.2 Å². The van der Waals surface area contributed by atoms with Crippen molar-refractivity contribution in [1.29, 1.82) is 0 Å². The Morgan fingerprint density at radius 3 is 2.73 bits per heavy atom. The number of aryl methyl sites for hydroxylation is 1. The molecule has 0 spiro atoms. The Labute approximate surface area is 200 Å². The predicted molar refractivity (Wildman–Crippen MR) is 132 cm³/mol. The molecule has 2 aromatic heterocycles. The van der Waals surface area contributed by atoms with Gasteiger partial charge in [-0.25, -0.2) is 9.78 Å². The first-order valence-corrected chi connectivity index (χ1v) is 12.9. The Morgan fingerprint density at radius 2 is 1.94 bits per heavy atom. The van der Waals surface area contributed by atoms with E-state index in [4.69, 9.17) is 4.74 Å². The van der Waals surface area contributed by atoms with E-state index in [1.807, 2.05) is 18.2 Å². The minimum absolute atomic E-state index is 0.105. The lowest BCUT2D eigenvalue weighted by Gasteiger charge is -2.11. The molecule has 9 heteroatoms. The number of carbonyl (C=O) groups is 2. The van der Waals surface area contributed by atoms with Gasteiger partial charge in [0.25, 0.3) is 5.56 Å². The summed E-state index contributed by atoms with van der Waals surface area (Å²) in [6.07, 6.45) is 6.47. The fraction of sp³-hybridized carbons (Fsp3) is 0.417. The number of methoxy groups -OCH3 is 1. The van der Waals surface area contributed by atoms with Crippen LogP contribution in [-0.4, -0.2) is 34.3 Å². The van der Waals surface area contributed by atoms with E-state index in [2.05, 4.69) is 10.3 Å². The van der Waals surface area contributed by atoms with Gasteiger partial charge in [-0.2, -0.15) is 0 Å². The fourth-order valence-corrected chi connectivity index (χ4v) is 6.28. The molecule has 33 heavy (non-hydrogen) atoms. The second-order valence-corrected chi connectivity index (χ2v) is 10.2. The van der Waals surface area contributed by atoms with Gasteiger partial charge < -0.3 is 10.1 Å². The molecule has 0 bridgehead atoms. The van der Waals surface area contributed by atoms with Crippen molar-refractivity contribution in [3.63, 3.8) is 0 Å². The summed E-state index contributed by atoms with van der Waals surface area (Å²) in [5, 5.41) is 4.67. The average molecular weight is 486 g/mol. The van der Waals surface area contributed by atoms with Crippen molar-refractivity contribution in [1.82, 2.24) is 9.55 Å². The number of hydrogen-bond donors (Lipinski definition) is 1. The van der Waals surface area contributed by atoms with Gasteiger partial charge in [0.15, 0.2) is 5.16 Å². The van der Waals surface area contributed by atoms with Crippen LogP contribution >= 0.6 is 23.1 Å². The second-order valence-electron chi connectivity index (χ2n) is 8.04. The maximum absolute atomic E-state index is 12.7. The molecule has 0 atom stereocenters. The lowest BCUT2D eigenvalue weighted by molar-refractivity contribution is -0.115. The zero-order chi connectivity index (χ0) is 23.4. The van der Waals surface area contributed by atoms with Crippen molar-refractivity contribution in [2.75, 3.05) is 18.2 Å². The summed E-state index contributed by atoms with van der Waals surface area (Å²) in [6, 6.07) is 7.23. The Hall–Kier alpha value is -2.65. The van der Waals surface area contributed by atoms with Crippen molar-refractivity contribution in [2.24, 2.45) is 7.05 Å². The molecule has 7 nitrogen and oxygen atoms in total. The third kappa shape index (κ3) is 5.14. The number of benzene rings is 1. The lowest BCUT2D eigenvalue weighted by atomic mass is 9.96. The van der Waals surface area contributed by atoms with Crippen molar-refractivity contribution in [2.45, 2.75) is 50.1 Å². The number of para-hydroxylation sites is 1. The zero-order valence-electron chi connectivity index (χ0n) is 18.8. The monoisotopic (exact) mass is 485 g/mol. The molecule has 174 valence electrons. The SMILES string of the molecule is COC(=O)c1c(NC(=O)CCSc2nc3ccccc3c(=O)n2C)sc2c1CCCCCC2. The quantitative estimate of drug-likeness (QED) is 0.313. The normalized spacial score (nSPS) is 13.8. The summed E-state index contributed by atoms with van der Waals surface area (Å²) in [6.45, 7) is 0. The van der Waals surface area contributed by atoms with Gasteiger partial charge in [-0.05, 0) is 43.4 Å². The smallest absolute Gasteiger partial charge is 0.341 e. The standard InChI is InChI=1S/C24H27N3O4S2/c1-27-22(29)15-9-7-8-11-17(15)25-24(27)32-14-13-19(28)26-21-20(23(30)31-2)16-10-5-3-4-6-12-18(16)33-21/h7-9,11H,3-6,10,12-14H2,1-2H3,(H,26,28). The number of thioether (sulfide) groups is 1. The molecule has 0 radical (unpaired) electrons. The van der Waals surface area contributed by atoms with Gasteiger partial charge in [-0.3, -0.25) is 14.2 Å². The number of thiophene rings is 1. The fourth-order valence-electron chi connectivity index (χ4n) is 4.08. The van der Waals surface area contributed by atoms with Gasteiger partial charge in [0.2, 0.25) is 5.91 Å². The summed E-state index contributed by atoms with van der Waals surface area (Å²) < 4.78 is 6.54. The number of amides is 1. The highest BCUT2D eigenvalue weighted by molar-refractivity contribution is 7.99. The molecule has 0 fully saturated rings. The molecule has 4 rings (SSSR count). The first kappa shape index (κ1) is 23.5. The van der Waals surface area contributed by atoms with Crippen LogP contribution in [0.1, 0.15) is 52.9 Å². The van der Waals surface area contributed by atoms with Crippen molar-refractivity contribution in [3.8, 4) is 0 Å². The van der Waals surface area contributed by atoms with Crippen LogP contribution in [0.4, 0.5) is 5.00 Å². The Kier molecular flexibility index (Phi) is 7.49. The number of ether oxygens (including phenoxy) is 1. The predicted octanol–water partition coefficient (Wildman–Crippen LogP) is 4.56. The van der Waals surface area contributed by atoms with Crippen LogP contribution < -0.4 is 10.9 Å². The zero-order valence-corrected chi connectivity index (χ0v) is 20.4. The molecule has 1 aliphatic rings. The van der Waals surface area contributed by atoms with Crippen LogP contribution in [0.5, 0.6) is 0 Å². The molecule has 2 heterocycles. The second kappa shape index (κ2) is 10.5. The van der Waals surface area contributed by atoms with Gasteiger partial charge >= 0.3 is 5.97 Å².